The van der Waals surface area contributed by atoms with Gasteiger partial charge in [0.05, 0.1) is 12.1 Å². The van der Waals surface area contributed by atoms with Crippen LogP contribution in [0.15, 0.2) is 5.38 Å². The number of carbonyl (C=O) groups is 1. The first kappa shape index (κ1) is 12.1. The minimum Gasteiger partial charge on any atom is -0.481 e. The molecule has 17 heavy (non-hydrogen) atoms. The molecule has 0 amide bonds. The number of aryl methyl sites for hydroxylation is 2. The molecule has 0 fully saturated rings. The number of carboxylic acid groups (broad SMARTS) is 1. The molecule has 0 bridgehead atoms. The molecule has 2 aromatic rings. The summed E-state index contributed by atoms with van der Waals surface area (Å²) in [7, 11) is 0. The third-order valence-corrected chi connectivity index (χ3v) is 3.64. The van der Waals surface area contributed by atoms with E-state index in [0.29, 0.717) is 0 Å². The number of nitrogens with zero attached hydrogens (tertiary/aromatic N) is 2. The molecule has 0 aliphatic heterocycles. The maximum atomic E-state index is 10.8. The fraction of sp³-hybridized carbons (Fsp3) is 0.500. The molecular formula is C12H16N2O2S. The SMILES string of the molecule is CCCc1nc2scc(CC(=O)O)n2c1CC. The second-order valence-electron chi connectivity index (χ2n) is 4.02. The Morgan fingerprint density at radius 3 is 2.88 bits per heavy atom. The first-order valence-corrected chi connectivity index (χ1v) is 6.73. The molecule has 0 radical (unpaired) electrons. The summed E-state index contributed by atoms with van der Waals surface area (Å²) in [4.78, 5) is 16.3. The van der Waals surface area contributed by atoms with Crippen LogP contribution in [0.1, 0.15) is 37.4 Å². The summed E-state index contributed by atoms with van der Waals surface area (Å²) in [6.45, 7) is 4.22. The number of rotatable bonds is 5. The largest absolute Gasteiger partial charge is 0.481 e. The van der Waals surface area contributed by atoms with Crippen LogP contribution < -0.4 is 0 Å². The number of hydrogen-bond acceptors (Lipinski definition) is 3. The molecule has 5 heteroatoms. The van der Waals surface area contributed by atoms with Crippen LogP contribution in [0.2, 0.25) is 0 Å². The van der Waals surface area contributed by atoms with E-state index in [4.69, 9.17) is 5.11 Å². The number of imidazole rings is 1. The third-order valence-electron chi connectivity index (χ3n) is 2.77. The fourth-order valence-corrected chi connectivity index (χ4v) is 3.02. The Hall–Kier alpha value is -1.36. The second kappa shape index (κ2) is 4.87. The van der Waals surface area contributed by atoms with Crippen molar-refractivity contribution in [2.45, 2.75) is 39.5 Å². The Morgan fingerprint density at radius 2 is 2.29 bits per heavy atom. The van der Waals surface area contributed by atoms with Crippen LogP contribution >= 0.6 is 11.3 Å². The first-order valence-electron chi connectivity index (χ1n) is 5.85. The monoisotopic (exact) mass is 252 g/mol. The summed E-state index contributed by atoms with van der Waals surface area (Å²) in [6, 6.07) is 0. The average molecular weight is 252 g/mol. The minimum atomic E-state index is -0.794. The van der Waals surface area contributed by atoms with Gasteiger partial charge in [0.2, 0.25) is 0 Å². The molecule has 0 unspecified atom stereocenters. The predicted molar refractivity (Wildman–Crippen MR) is 67.8 cm³/mol. The quantitative estimate of drug-likeness (QED) is 0.889. The number of fused-ring (bicyclic) bond motifs is 1. The first-order chi connectivity index (χ1) is 8.17. The summed E-state index contributed by atoms with van der Waals surface area (Å²) >= 11 is 1.52. The molecule has 0 saturated heterocycles. The van der Waals surface area contributed by atoms with Crippen molar-refractivity contribution in [2.24, 2.45) is 0 Å². The molecule has 0 atom stereocenters. The summed E-state index contributed by atoms with van der Waals surface area (Å²) in [5.41, 5.74) is 3.12. The van der Waals surface area contributed by atoms with E-state index in [1.54, 1.807) is 0 Å². The van der Waals surface area contributed by atoms with E-state index < -0.39 is 5.97 Å². The maximum Gasteiger partial charge on any atom is 0.309 e. The van der Waals surface area contributed by atoms with E-state index in [9.17, 15) is 4.79 Å². The second-order valence-corrected chi connectivity index (χ2v) is 4.86. The molecule has 92 valence electrons. The van der Waals surface area contributed by atoms with Gasteiger partial charge in [-0.1, -0.05) is 20.3 Å². The van der Waals surface area contributed by atoms with Crippen LogP contribution in [0.4, 0.5) is 0 Å². The Bertz CT molecular complexity index is 542. The number of carboxylic acids is 1. The van der Waals surface area contributed by atoms with Crippen LogP contribution in [0.3, 0.4) is 0 Å². The molecule has 2 rings (SSSR count). The third kappa shape index (κ3) is 2.20. The lowest BCUT2D eigenvalue weighted by Gasteiger charge is -2.02. The lowest BCUT2D eigenvalue weighted by molar-refractivity contribution is -0.136. The topological polar surface area (TPSA) is 54.6 Å². The van der Waals surface area contributed by atoms with Crippen LogP contribution in [-0.4, -0.2) is 20.5 Å². The van der Waals surface area contributed by atoms with Gasteiger partial charge in [0, 0.05) is 16.8 Å². The van der Waals surface area contributed by atoms with Gasteiger partial charge in [0.15, 0.2) is 4.96 Å². The zero-order chi connectivity index (χ0) is 12.4. The van der Waals surface area contributed by atoms with Crippen molar-refractivity contribution in [1.82, 2.24) is 9.38 Å². The molecule has 1 N–H and O–H groups in total. The van der Waals surface area contributed by atoms with Crippen molar-refractivity contribution in [3.8, 4) is 0 Å². The highest BCUT2D eigenvalue weighted by Crippen LogP contribution is 2.23. The van der Waals surface area contributed by atoms with Crippen molar-refractivity contribution in [3.63, 3.8) is 0 Å². The molecule has 0 saturated carbocycles. The van der Waals surface area contributed by atoms with Crippen molar-refractivity contribution in [1.29, 1.82) is 0 Å². The summed E-state index contributed by atoms with van der Waals surface area (Å²) in [5, 5.41) is 10.8. The highest BCUT2D eigenvalue weighted by molar-refractivity contribution is 7.15. The van der Waals surface area contributed by atoms with E-state index in [2.05, 4.69) is 18.8 Å². The normalized spacial score (nSPS) is 11.2. The number of thiazole rings is 1. The average Bonchev–Trinajstić information content (AvgIpc) is 2.78. The van der Waals surface area contributed by atoms with Crippen molar-refractivity contribution in [3.05, 3.63) is 22.5 Å². The standard InChI is InChI=1S/C12H16N2O2S/c1-3-5-9-10(4-2)14-8(6-11(15)16)7-17-12(14)13-9/h7H,3-6H2,1-2H3,(H,15,16). The van der Waals surface area contributed by atoms with E-state index in [-0.39, 0.29) is 6.42 Å². The molecule has 2 aromatic heterocycles. The Kier molecular flexibility index (Phi) is 3.47. The maximum absolute atomic E-state index is 10.8. The number of aliphatic carboxylic acids is 1. The lowest BCUT2D eigenvalue weighted by Crippen LogP contribution is -2.05. The van der Waals surface area contributed by atoms with E-state index in [1.165, 1.54) is 17.0 Å². The number of aromatic nitrogens is 2. The smallest absolute Gasteiger partial charge is 0.309 e. The fourth-order valence-electron chi connectivity index (χ4n) is 2.10. The zero-order valence-corrected chi connectivity index (χ0v) is 10.9. The van der Waals surface area contributed by atoms with Crippen LogP contribution in [-0.2, 0) is 24.1 Å². The molecule has 4 nitrogen and oxygen atoms in total. The van der Waals surface area contributed by atoms with Crippen molar-refractivity contribution >= 4 is 22.3 Å². The van der Waals surface area contributed by atoms with Crippen LogP contribution in [0.25, 0.3) is 4.96 Å². The lowest BCUT2D eigenvalue weighted by atomic mass is 10.2. The van der Waals surface area contributed by atoms with Gasteiger partial charge in [-0.05, 0) is 12.8 Å². The van der Waals surface area contributed by atoms with Gasteiger partial charge in [0.1, 0.15) is 0 Å². The summed E-state index contributed by atoms with van der Waals surface area (Å²) in [5.74, 6) is -0.794. The zero-order valence-electron chi connectivity index (χ0n) is 10.1. The Morgan fingerprint density at radius 1 is 1.53 bits per heavy atom. The molecule has 0 aromatic carbocycles. The van der Waals surface area contributed by atoms with Crippen LogP contribution in [0, 0.1) is 0 Å². The molecule has 2 heterocycles. The summed E-state index contributed by atoms with van der Waals surface area (Å²) in [6.07, 6.45) is 2.98. The van der Waals surface area contributed by atoms with Crippen molar-refractivity contribution in [2.75, 3.05) is 0 Å². The van der Waals surface area contributed by atoms with E-state index in [1.807, 2.05) is 9.78 Å². The minimum absolute atomic E-state index is 0.0644. The van der Waals surface area contributed by atoms with Gasteiger partial charge in [-0.2, -0.15) is 0 Å². The molecule has 0 aliphatic carbocycles. The van der Waals surface area contributed by atoms with Gasteiger partial charge < -0.3 is 5.11 Å². The van der Waals surface area contributed by atoms with E-state index in [0.717, 1.165) is 35.6 Å². The summed E-state index contributed by atoms with van der Waals surface area (Å²) < 4.78 is 2.02. The van der Waals surface area contributed by atoms with E-state index >= 15 is 0 Å². The Balaban J connectivity index is 2.52. The van der Waals surface area contributed by atoms with Crippen LogP contribution in [0.5, 0.6) is 0 Å². The van der Waals surface area contributed by atoms with Gasteiger partial charge >= 0.3 is 5.97 Å². The van der Waals surface area contributed by atoms with Gasteiger partial charge in [-0.3, -0.25) is 9.20 Å². The van der Waals surface area contributed by atoms with Gasteiger partial charge in [-0.15, -0.1) is 11.3 Å². The molecule has 0 aliphatic rings. The van der Waals surface area contributed by atoms with Gasteiger partial charge in [-0.25, -0.2) is 4.98 Å². The highest BCUT2D eigenvalue weighted by Gasteiger charge is 2.16. The van der Waals surface area contributed by atoms with Crippen molar-refractivity contribution < 1.29 is 9.90 Å². The molecule has 0 spiro atoms. The predicted octanol–water partition coefficient (Wildman–Crippen LogP) is 2.54. The Labute approximate surface area is 104 Å². The highest BCUT2D eigenvalue weighted by atomic mass is 32.1. The van der Waals surface area contributed by atoms with Gasteiger partial charge in [0.25, 0.3) is 0 Å². The molecular weight excluding hydrogens is 236 g/mol. The number of hydrogen-bond donors (Lipinski definition) is 1.